The van der Waals surface area contributed by atoms with Gasteiger partial charge in [0.15, 0.2) is 0 Å². The molecule has 0 atom stereocenters. The summed E-state index contributed by atoms with van der Waals surface area (Å²) in [5, 5.41) is 3.06. The first kappa shape index (κ1) is 15.3. The van der Waals surface area contributed by atoms with Crippen LogP contribution >= 0.6 is 0 Å². The standard InChI is InChI=1S/C14H23N3O2S/c1-15-12-13-7-6-8-14(11-13)16-20(18,19)17-9-4-2-3-5-10-17/h6-8,11,15-16H,2-5,9-10,12H2,1H3. The number of hydrogen-bond donors (Lipinski definition) is 2. The molecule has 6 heteroatoms. The third-order valence-corrected chi connectivity index (χ3v) is 5.00. The molecule has 1 aromatic carbocycles. The number of hydrogen-bond acceptors (Lipinski definition) is 3. The maximum Gasteiger partial charge on any atom is 0.301 e. The lowest BCUT2D eigenvalue weighted by Crippen LogP contribution is -2.36. The van der Waals surface area contributed by atoms with E-state index >= 15 is 0 Å². The molecule has 0 amide bonds. The number of nitrogens with zero attached hydrogens (tertiary/aromatic N) is 1. The van der Waals surface area contributed by atoms with Crippen LogP contribution in [0.1, 0.15) is 31.2 Å². The molecule has 1 aliphatic rings. The van der Waals surface area contributed by atoms with Crippen LogP contribution < -0.4 is 10.0 Å². The van der Waals surface area contributed by atoms with E-state index in [1.54, 1.807) is 10.4 Å². The van der Waals surface area contributed by atoms with E-state index in [1.807, 2.05) is 25.2 Å². The van der Waals surface area contributed by atoms with Gasteiger partial charge in [-0.3, -0.25) is 4.72 Å². The van der Waals surface area contributed by atoms with Crippen LogP contribution in [0, 0.1) is 0 Å². The Morgan fingerprint density at radius 1 is 1.15 bits per heavy atom. The molecule has 0 spiro atoms. The molecule has 2 N–H and O–H groups in total. The second kappa shape index (κ2) is 7.06. The average molecular weight is 297 g/mol. The lowest BCUT2D eigenvalue weighted by Gasteiger charge is -2.21. The Kier molecular flexibility index (Phi) is 5.39. The molecule has 1 fully saturated rings. The fourth-order valence-corrected chi connectivity index (χ4v) is 3.74. The smallest absolute Gasteiger partial charge is 0.301 e. The molecule has 0 bridgehead atoms. The Hall–Kier alpha value is -1.11. The summed E-state index contributed by atoms with van der Waals surface area (Å²) < 4.78 is 29.0. The minimum Gasteiger partial charge on any atom is -0.316 e. The van der Waals surface area contributed by atoms with Gasteiger partial charge in [-0.15, -0.1) is 0 Å². The van der Waals surface area contributed by atoms with E-state index in [2.05, 4.69) is 10.0 Å². The van der Waals surface area contributed by atoms with Gasteiger partial charge in [-0.2, -0.15) is 12.7 Å². The molecule has 0 aliphatic carbocycles. The monoisotopic (exact) mass is 297 g/mol. The first-order valence-corrected chi connectivity index (χ1v) is 8.57. The molecule has 0 unspecified atom stereocenters. The van der Waals surface area contributed by atoms with Gasteiger partial charge >= 0.3 is 10.2 Å². The van der Waals surface area contributed by atoms with Crippen LogP contribution in [-0.2, 0) is 16.8 Å². The van der Waals surface area contributed by atoms with E-state index in [1.165, 1.54) is 0 Å². The summed E-state index contributed by atoms with van der Waals surface area (Å²) in [5.41, 5.74) is 1.69. The molecule has 1 aliphatic heterocycles. The largest absolute Gasteiger partial charge is 0.316 e. The van der Waals surface area contributed by atoms with E-state index in [9.17, 15) is 8.42 Å². The zero-order valence-electron chi connectivity index (χ0n) is 11.9. The van der Waals surface area contributed by atoms with Crippen molar-refractivity contribution in [3.63, 3.8) is 0 Å². The molecule has 1 aromatic rings. The van der Waals surface area contributed by atoms with Crippen molar-refractivity contribution < 1.29 is 8.42 Å². The van der Waals surface area contributed by atoms with Gasteiger partial charge in [0.05, 0.1) is 5.69 Å². The summed E-state index contributed by atoms with van der Waals surface area (Å²) in [7, 11) is -1.56. The van der Waals surface area contributed by atoms with Crippen LogP contribution in [0.15, 0.2) is 24.3 Å². The van der Waals surface area contributed by atoms with Crippen LogP contribution in [0.4, 0.5) is 5.69 Å². The van der Waals surface area contributed by atoms with Gasteiger partial charge in [0.25, 0.3) is 0 Å². The molecule has 0 radical (unpaired) electrons. The predicted octanol–water partition coefficient (Wildman–Crippen LogP) is 1.94. The molecule has 2 rings (SSSR count). The predicted molar refractivity (Wildman–Crippen MR) is 81.8 cm³/mol. The zero-order valence-corrected chi connectivity index (χ0v) is 12.7. The maximum absolute atomic E-state index is 12.4. The minimum atomic E-state index is -3.43. The van der Waals surface area contributed by atoms with Crippen molar-refractivity contribution in [2.24, 2.45) is 0 Å². The fourth-order valence-electron chi connectivity index (χ4n) is 2.44. The summed E-state index contributed by atoms with van der Waals surface area (Å²) in [6, 6.07) is 7.49. The molecule has 1 heterocycles. The molecular weight excluding hydrogens is 274 g/mol. The minimum absolute atomic E-state index is 0.617. The van der Waals surface area contributed by atoms with Crippen LogP contribution in [0.5, 0.6) is 0 Å². The summed E-state index contributed by atoms with van der Waals surface area (Å²) in [5.74, 6) is 0. The van der Waals surface area contributed by atoms with E-state index in [0.29, 0.717) is 18.8 Å². The number of rotatable bonds is 5. The molecule has 0 saturated carbocycles. The molecule has 112 valence electrons. The van der Waals surface area contributed by atoms with Crippen LogP contribution in [0.3, 0.4) is 0 Å². The van der Waals surface area contributed by atoms with Gasteiger partial charge in [-0.05, 0) is 37.6 Å². The first-order valence-electron chi connectivity index (χ1n) is 7.13. The van der Waals surface area contributed by atoms with Crippen molar-refractivity contribution in [2.45, 2.75) is 32.2 Å². The van der Waals surface area contributed by atoms with E-state index in [0.717, 1.165) is 37.8 Å². The van der Waals surface area contributed by atoms with Crippen LogP contribution in [-0.4, -0.2) is 32.9 Å². The molecule has 5 nitrogen and oxygen atoms in total. The third kappa shape index (κ3) is 4.19. The summed E-state index contributed by atoms with van der Waals surface area (Å²) >= 11 is 0. The Bertz CT molecular complexity index is 523. The second-order valence-electron chi connectivity index (χ2n) is 5.15. The van der Waals surface area contributed by atoms with Crippen molar-refractivity contribution in [3.05, 3.63) is 29.8 Å². The van der Waals surface area contributed by atoms with Gasteiger partial charge in [0.1, 0.15) is 0 Å². The molecule has 0 aromatic heterocycles. The zero-order chi connectivity index (χ0) is 14.4. The van der Waals surface area contributed by atoms with E-state index < -0.39 is 10.2 Å². The highest BCUT2D eigenvalue weighted by atomic mass is 32.2. The van der Waals surface area contributed by atoms with E-state index in [4.69, 9.17) is 0 Å². The SMILES string of the molecule is CNCc1cccc(NS(=O)(=O)N2CCCCCC2)c1. The van der Waals surface area contributed by atoms with Crippen LogP contribution in [0.25, 0.3) is 0 Å². The van der Waals surface area contributed by atoms with Gasteiger partial charge in [0.2, 0.25) is 0 Å². The lowest BCUT2D eigenvalue weighted by atomic mass is 10.2. The van der Waals surface area contributed by atoms with Crippen molar-refractivity contribution in [1.29, 1.82) is 0 Å². The summed E-state index contributed by atoms with van der Waals surface area (Å²) in [4.78, 5) is 0. The Morgan fingerprint density at radius 2 is 1.85 bits per heavy atom. The summed E-state index contributed by atoms with van der Waals surface area (Å²) in [6.45, 7) is 1.95. The molecule has 20 heavy (non-hydrogen) atoms. The fraction of sp³-hybridized carbons (Fsp3) is 0.571. The quantitative estimate of drug-likeness (QED) is 0.873. The van der Waals surface area contributed by atoms with Crippen LogP contribution in [0.2, 0.25) is 0 Å². The van der Waals surface area contributed by atoms with Crippen molar-refractivity contribution in [1.82, 2.24) is 9.62 Å². The highest BCUT2D eigenvalue weighted by Crippen LogP contribution is 2.17. The maximum atomic E-state index is 12.4. The Balaban J connectivity index is 2.08. The highest BCUT2D eigenvalue weighted by Gasteiger charge is 2.22. The van der Waals surface area contributed by atoms with Gasteiger partial charge < -0.3 is 5.32 Å². The van der Waals surface area contributed by atoms with Crippen molar-refractivity contribution in [3.8, 4) is 0 Å². The number of nitrogens with one attached hydrogen (secondary N) is 2. The normalized spacial score (nSPS) is 17.6. The number of anilines is 1. The molecular formula is C14H23N3O2S. The second-order valence-corrected chi connectivity index (χ2v) is 6.82. The topological polar surface area (TPSA) is 61.4 Å². The Morgan fingerprint density at radius 3 is 2.50 bits per heavy atom. The molecule has 1 saturated heterocycles. The Labute approximate surface area is 121 Å². The summed E-state index contributed by atoms with van der Waals surface area (Å²) in [6.07, 6.45) is 4.12. The lowest BCUT2D eigenvalue weighted by molar-refractivity contribution is 0.427. The first-order chi connectivity index (χ1) is 9.62. The van der Waals surface area contributed by atoms with Gasteiger partial charge in [0, 0.05) is 19.6 Å². The van der Waals surface area contributed by atoms with Gasteiger partial charge in [-0.1, -0.05) is 25.0 Å². The van der Waals surface area contributed by atoms with E-state index in [-0.39, 0.29) is 0 Å². The van der Waals surface area contributed by atoms with Gasteiger partial charge in [-0.25, -0.2) is 0 Å². The van der Waals surface area contributed by atoms with Crippen molar-refractivity contribution >= 4 is 15.9 Å². The van der Waals surface area contributed by atoms with Crippen molar-refractivity contribution in [2.75, 3.05) is 24.9 Å². The number of benzene rings is 1. The third-order valence-electron chi connectivity index (χ3n) is 3.46. The highest BCUT2D eigenvalue weighted by molar-refractivity contribution is 7.90. The average Bonchev–Trinajstić information content (AvgIpc) is 2.68.